The highest BCUT2D eigenvalue weighted by Crippen LogP contribution is 2.07. The maximum absolute atomic E-state index is 10.7. The fourth-order valence-corrected chi connectivity index (χ4v) is 0.624. The Balaban J connectivity index is 3.83. The van der Waals surface area contributed by atoms with E-state index in [9.17, 15) is 4.79 Å². The summed E-state index contributed by atoms with van der Waals surface area (Å²) in [5, 5.41) is 0. The summed E-state index contributed by atoms with van der Waals surface area (Å²) in [6.07, 6.45) is 0.969. The van der Waals surface area contributed by atoms with Crippen LogP contribution in [0.15, 0.2) is 11.8 Å². The molecular weight excluding hydrogens is 184 g/mol. The Morgan fingerprint density at radius 1 is 1.36 bits per heavy atom. The van der Waals surface area contributed by atoms with Crippen molar-refractivity contribution in [3.05, 3.63) is 11.8 Å². The second kappa shape index (κ2) is 5.65. The summed E-state index contributed by atoms with van der Waals surface area (Å²) in [6.45, 7) is 7.95. The Morgan fingerprint density at radius 2 is 1.93 bits per heavy atom. The molecule has 0 radical (unpaired) electrons. The maximum atomic E-state index is 10.7. The average molecular weight is 202 g/mol. The van der Waals surface area contributed by atoms with Crippen LogP contribution in [0.3, 0.4) is 0 Å². The van der Waals surface area contributed by atoms with Crippen molar-refractivity contribution in [1.82, 2.24) is 0 Å². The summed E-state index contributed by atoms with van der Waals surface area (Å²) < 4.78 is 14.5. The molecule has 0 fully saturated rings. The zero-order chi connectivity index (χ0) is 11.2. The summed E-state index contributed by atoms with van der Waals surface area (Å²) in [6, 6.07) is 0. The first-order valence-electron chi connectivity index (χ1n) is 4.41. The molecule has 14 heavy (non-hydrogen) atoms. The van der Waals surface area contributed by atoms with E-state index >= 15 is 0 Å². The van der Waals surface area contributed by atoms with Crippen molar-refractivity contribution in [3.63, 3.8) is 0 Å². The van der Waals surface area contributed by atoms with Crippen LogP contribution in [0.1, 0.15) is 27.7 Å². The lowest BCUT2D eigenvalue weighted by molar-refractivity contribution is 0.0136. The Bertz CT molecular complexity index is 213. The average Bonchev–Trinajstić information content (AvgIpc) is 2.01. The summed E-state index contributed by atoms with van der Waals surface area (Å²) in [4.78, 5) is 10.7. The molecule has 4 heteroatoms. The number of carbonyl (C=O) groups excluding carboxylic acids is 1. The maximum Gasteiger partial charge on any atom is 0.513 e. The van der Waals surface area contributed by atoms with Crippen molar-refractivity contribution in [2.75, 3.05) is 13.7 Å². The summed E-state index contributed by atoms with van der Waals surface area (Å²) in [5.41, 5.74) is -0.192. The van der Waals surface area contributed by atoms with E-state index in [-0.39, 0.29) is 5.60 Å². The monoisotopic (exact) mass is 202 g/mol. The van der Waals surface area contributed by atoms with E-state index in [1.165, 1.54) is 7.11 Å². The van der Waals surface area contributed by atoms with E-state index in [2.05, 4.69) is 4.74 Å². The molecule has 0 saturated carbocycles. The summed E-state index contributed by atoms with van der Waals surface area (Å²) in [7, 11) is 1.27. The van der Waals surface area contributed by atoms with E-state index in [1.807, 2.05) is 20.8 Å². The molecule has 0 amide bonds. The Morgan fingerprint density at radius 3 is 2.36 bits per heavy atom. The van der Waals surface area contributed by atoms with Crippen LogP contribution in [0.5, 0.6) is 0 Å². The lowest BCUT2D eigenvalue weighted by Crippen LogP contribution is -2.19. The van der Waals surface area contributed by atoms with E-state index in [0.717, 1.165) is 0 Å². The second-order valence-electron chi connectivity index (χ2n) is 3.79. The van der Waals surface area contributed by atoms with Crippen LogP contribution >= 0.6 is 0 Å². The quantitative estimate of drug-likeness (QED) is 0.521. The minimum Gasteiger partial charge on any atom is -0.437 e. The zero-order valence-corrected chi connectivity index (χ0v) is 9.42. The van der Waals surface area contributed by atoms with Crippen molar-refractivity contribution in [3.8, 4) is 0 Å². The molecule has 0 aliphatic heterocycles. The van der Waals surface area contributed by atoms with Gasteiger partial charge in [-0.15, -0.1) is 0 Å². The van der Waals surface area contributed by atoms with Gasteiger partial charge in [0.25, 0.3) is 0 Å². The van der Waals surface area contributed by atoms with Crippen molar-refractivity contribution in [2.45, 2.75) is 33.3 Å². The van der Waals surface area contributed by atoms with Crippen molar-refractivity contribution in [1.29, 1.82) is 0 Å². The highest BCUT2D eigenvalue weighted by atomic mass is 16.7. The molecule has 82 valence electrons. The van der Waals surface area contributed by atoms with Gasteiger partial charge in [-0.3, -0.25) is 0 Å². The third kappa shape index (κ3) is 7.61. The second-order valence-corrected chi connectivity index (χ2v) is 3.79. The molecule has 0 bridgehead atoms. The molecule has 0 N–H and O–H groups in total. The molecule has 0 aromatic rings. The third-order valence-electron chi connectivity index (χ3n) is 1.30. The van der Waals surface area contributed by atoms with Gasteiger partial charge in [0.05, 0.1) is 19.3 Å². The van der Waals surface area contributed by atoms with Crippen molar-refractivity contribution >= 4 is 6.16 Å². The first-order valence-corrected chi connectivity index (χ1v) is 4.41. The highest BCUT2D eigenvalue weighted by Gasteiger charge is 2.08. The van der Waals surface area contributed by atoms with E-state index in [4.69, 9.17) is 9.47 Å². The highest BCUT2D eigenvalue weighted by molar-refractivity contribution is 5.60. The Labute approximate surface area is 84.8 Å². The van der Waals surface area contributed by atoms with Crippen LogP contribution in [-0.2, 0) is 14.2 Å². The Hall–Kier alpha value is -1.03. The minimum atomic E-state index is -0.713. The number of hydrogen-bond donors (Lipinski definition) is 0. The smallest absolute Gasteiger partial charge is 0.437 e. The van der Waals surface area contributed by atoms with Gasteiger partial charge in [-0.05, 0) is 33.8 Å². The molecule has 0 heterocycles. The van der Waals surface area contributed by atoms with Crippen molar-refractivity contribution in [2.24, 2.45) is 0 Å². The number of hydrogen-bond acceptors (Lipinski definition) is 4. The van der Waals surface area contributed by atoms with Crippen molar-refractivity contribution < 1.29 is 19.0 Å². The molecule has 4 nitrogen and oxygen atoms in total. The lowest BCUT2D eigenvalue weighted by atomic mass is 10.2. The fraction of sp³-hybridized carbons (Fsp3) is 0.700. The molecule has 0 rings (SSSR count). The van der Waals surface area contributed by atoms with Crippen LogP contribution < -0.4 is 0 Å². The van der Waals surface area contributed by atoms with Gasteiger partial charge < -0.3 is 14.2 Å². The van der Waals surface area contributed by atoms with E-state index in [1.54, 1.807) is 13.0 Å². The van der Waals surface area contributed by atoms with Gasteiger partial charge in [-0.2, -0.15) is 0 Å². The van der Waals surface area contributed by atoms with Gasteiger partial charge in [0.2, 0.25) is 0 Å². The van der Waals surface area contributed by atoms with Crippen LogP contribution in [0.25, 0.3) is 0 Å². The summed E-state index contributed by atoms with van der Waals surface area (Å²) in [5.74, 6) is 0.473. The summed E-state index contributed by atoms with van der Waals surface area (Å²) >= 11 is 0. The fourth-order valence-electron chi connectivity index (χ4n) is 0.624. The molecule has 0 unspecified atom stereocenters. The number of methoxy groups -OCH3 is 1. The number of rotatable bonds is 3. The molecule has 0 aliphatic carbocycles. The zero-order valence-electron chi connectivity index (χ0n) is 9.42. The molecule has 0 aromatic heterocycles. The van der Waals surface area contributed by atoms with Gasteiger partial charge in [-0.1, -0.05) is 0 Å². The van der Waals surface area contributed by atoms with E-state index < -0.39 is 6.16 Å². The predicted octanol–water partition coefficient (Wildman–Crippen LogP) is 2.49. The molecule has 0 aliphatic rings. The number of ether oxygens (including phenoxy) is 3. The van der Waals surface area contributed by atoms with Crippen LogP contribution in [0.2, 0.25) is 0 Å². The van der Waals surface area contributed by atoms with Gasteiger partial charge in [0.1, 0.15) is 5.76 Å². The van der Waals surface area contributed by atoms with Gasteiger partial charge in [-0.25, -0.2) is 4.79 Å². The molecule has 0 atom stereocenters. The van der Waals surface area contributed by atoms with Crippen LogP contribution in [0.4, 0.5) is 4.79 Å². The van der Waals surface area contributed by atoms with Gasteiger partial charge in [0.15, 0.2) is 0 Å². The van der Waals surface area contributed by atoms with Crippen LogP contribution in [0, 0.1) is 0 Å². The largest absolute Gasteiger partial charge is 0.513 e. The number of allylic oxidation sites excluding steroid dienone is 1. The minimum absolute atomic E-state index is 0.192. The SMILES string of the molecule is COC(=O)O/C(C)=C/COC(C)(C)C. The number of carbonyl (C=O) groups is 1. The topological polar surface area (TPSA) is 44.8 Å². The van der Waals surface area contributed by atoms with Crippen LogP contribution in [-0.4, -0.2) is 25.5 Å². The van der Waals surface area contributed by atoms with E-state index in [0.29, 0.717) is 12.4 Å². The van der Waals surface area contributed by atoms with Gasteiger partial charge >= 0.3 is 6.16 Å². The predicted molar refractivity (Wildman–Crippen MR) is 53.0 cm³/mol. The molecule has 0 spiro atoms. The molecule has 0 aromatic carbocycles. The van der Waals surface area contributed by atoms with Gasteiger partial charge in [0, 0.05) is 0 Å². The first-order chi connectivity index (χ1) is 6.35. The molecular formula is C10H18O4. The molecule has 0 saturated heterocycles. The first kappa shape index (κ1) is 13.0. The standard InChI is InChI=1S/C10H18O4/c1-8(14-9(11)12-5)6-7-13-10(2,3)4/h6H,7H2,1-5H3/b8-6+. The normalized spacial score (nSPS) is 12.5. The Kier molecular flexibility index (Phi) is 5.23. The third-order valence-corrected chi connectivity index (χ3v) is 1.30. The lowest BCUT2D eigenvalue weighted by Gasteiger charge is -2.18.